The Balaban J connectivity index is 1.49. The third-order valence-corrected chi connectivity index (χ3v) is 18.0. The minimum Gasteiger partial charge on any atom is -0.203 e. The Morgan fingerprint density at radius 3 is 0.984 bits per heavy atom. The first-order chi connectivity index (χ1) is 30.8. The molecule has 0 aliphatic carbocycles. The lowest BCUT2D eigenvalue weighted by Crippen LogP contribution is -2.05. The molecule has 0 saturated carbocycles. The van der Waals surface area contributed by atoms with E-state index in [1.807, 2.05) is 0 Å². The lowest BCUT2D eigenvalue weighted by Gasteiger charge is -2.17. The fourth-order valence-electron chi connectivity index (χ4n) is 9.61. The average Bonchev–Trinajstić information content (AvgIpc) is 4.00. The summed E-state index contributed by atoms with van der Waals surface area (Å²) in [6, 6.07) is 4.23. The topological polar surface area (TPSA) is 25.8 Å². The van der Waals surface area contributed by atoms with Crippen molar-refractivity contribution >= 4 is 77.3 Å². The SMILES string of the molecule is CCCCCCCCCCC(CCCCCCCC)Cc1cc(-c2c(F)c(F)c(-c3cc(CC(CCCCCCCC)CCCCCCCCCC)c(Br)s3)c3nsnc23)sc1Br. The van der Waals surface area contributed by atoms with E-state index in [0.29, 0.717) is 22.9 Å². The van der Waals surface area contributed by atoms with Crippen LogP contribution in [0.25, 0.3) is 31.9 Å². The summed E-state index contributed by atoms with van der Waals surface area (Å²) in [7, 11) is 0. The molecule has 0 aliphatic rings. The molecule has 0 aliphatic heterocycles. The third kappa shape index (κ3) is 19.4. The van der Waals surface area contributed by atoms with Crippen molar-refractivity contribution in [2.75, 3.05) is 0 Å². The zero-order valence-electron chi connectivity index (χ0n) is 40.0. The number of rotatable bonds is 38. The fourth-order valence-corrected chi connectivity index (χ4v) is 13.7. The van der Waals surface area contributed by atoms with Crippen LogP contribution in [0.2, 0.25) is 0 Å². The molecule has 4 rings (SSSR count). The molecule has 0 fully saturated rings. The fraction of sp³-hybridized carbons (Fsp3) is 0.741. The van der Waals surface area contributed by atoms with Gasteiger partial charge < -0.3 is 0 Å². The van der Waals surface area contributed by atoms with Crippen LogP contribution >= 0.6 is 66.3 Å². The first-order valence-corrected chi connectivity index (χ1v) is 30.0. The number of unbranched alkanes of at least 4 members (excludes halogenated alkanes) is 24. The van der Waals surface area contributed by atoms with Gasteiger partial charge in [-0.2, -0.15) is 8.75 Å². The van der Waals surface area contributed by atoms with Gasteiger partial charge in [-0.15, -0.1) is 22.7 Å². The molecule has 3 aromatic heterocycles. The minimum atomic E-state index is -0.810. The highest BCUT2D eigenvalue weighted by Gasteiger charge is 2.28. The van der Waals surface area contributed by atoms with Crippen molar-refractivity contribution in [3.63, 3.8) is 0 Å². The molecular weight excluding hydrogens is 971 g/mol. The van der Waals surface area contributed by atoms with Crippen LogP contribution in [0.4, 0.5) is 8.78 Å². The maximum Gasteiger partial charge on any atom is 0.170 e. The van der Waals surface area contributed by atoms with Gasteiger partial charge in [0.25, 0.3) is 0 Å². The summed E-state index contributed by atoms with van der Waals surface area (Å²) in [6.07, 6.45) is 43.9. The number of aromatic nitrogens is 2. The molecule has 3 heterocycles. The monoisotopic (exact) mass is 1050 g/mol. The van der Waals surface area contributed by atoms with Crippen LogP contribution in [-0.2, 0) is 12.8 Å². The molecule has 4 aromatic rings. The van der Waals surface area contributed by atoms with Crippen molar-refractivity contribution in [2.24, 2.45) is 11.8 Å². The Hall–Kier alpha value is -0.740. The van der Waals surface area contributed by atoms with Gasteiger partial charge in [-0.25, -0.2) is 8.78 Å². The van der Waals surface area contributed by atoms with Crippen LogP contribution in [0.15, 0.2) is 19.7 Å². The van der Waals surface area contributed by atoms with Gasteiger partial charge in [0.05, 0.1) is 30.4 Å². The number of halogens is 4. The number of fused-ring (bicyclic) bond motifs is 1. The standard InChI is InChI=1S/C54H84Br2F2N2S3/c1-5-9-13-17-21-23-27-31-35-41(33-29-25-19-15-11-7-3)37-43-39-45(61-53(43)55)47-49(57)50(58)48(52-51(47)59-63-60-52)46-40-44(54(56)62-46)38-42(34-30-26-20-16-12-8-4)36-32-28-24-22-18-14-10-6-2/h39-42H,5-38H2,1-4H3. The van der Waals surface area contributed by atoms with Crippen LogP contribution in [0, 0.1) is 23.5 Å². The third-order valence-electron chi connectivity index (χ3n) is 13.5. The highest BCUT2D eigenvalue weighted by atomic mass is 79.9. The number of nitrogens with zero attached hydrogens (tertiary/aromatic N) is 2. The summed E-state index contributed by atoms with van der Waals surface area (Å²) in [4.78, 5) is 1.46. The van der Waals surface area contributed by atoms with Crippen LogP contribution in [0.3, 0.4) is 0 Å². The molecule has 0 amide bonds. The van der Waals surface area contributed by atoms with Gasteiger partial charge in [0.1, 0.15) is 11.0 Å². The summed E-state index contributed by atoms with van der Waals surface area (Å²) in [5, 5.41) is 0. The molecule has 0 spiro atoms. The normalized spacial score (nSPS) is 12.9. The second kappa shape index (κ2) is 32.9. The smallest absolute Gasteiger partial charge is 0.170 e. The van der Waals surface area contributed by atoms with Gasteiger partial charge in [0.15, 0.2) is 11.6 Å². The molecule has 0 saturated heterocycles. The Bertz CT molecular complexity index is 1670. The molecule has 9 heteroatoms. The molecule has 2 atom stereocenters. The van der Waals surface area contributed by atoms with E-state index < -0.39 is 11.6 Å². The van der Waals surface area contributed by atoms with Gasteiger partial charge in [-0.1, -0.05) is 233 Å². The van der Waals surface area contributed by atoms with Crippen LogP contribution in [0.5, 0.6) is 0 Å². The maximum atomic E-state index is 16.7. The Morgan fingerprint density at radius 1 is 0.429 bits per heavy atom. The number of hydrogen-bond donors (Lipinski definition) is 0. The van der Waals surface area contributed by atoms with E-state index in [0.717, 1.165) is 41.9 Å². The van der Waals surface area contributed by atoms with E-state index in [1.165, 1.54) is 239 Å². The number of benzene rings is 1. The quantitative estimate of drug-likeness (QED) is 0.0418. The van der Waals surface area contributed by atoms with Gasteiger partial charge in [0.2, 0.25) is 0 Å². The number of thiophene rings is 2. The van der Waals surface area contributed by atoms with Crippen molar-refractivity contribution < 1.29 is 8.78 Å². The molecular formula is C54H84Br2F2N2S3. The van der Waals surface area contributed by atoms with Crippen molar-refractivity contribution in [3.8, 4) is 20.9 Å². The Morgan fingerprint density at radius 2 is 0.698 bits per heavy atom. The zero-order chi connectivity index (χ0) is 45.1. The lowest BCUT2D eigenvalue weighted by atomic mass is 9.89. The van der Waals surface area contributed by atoms with E-state index in [-0.39, 0.29) is 11.1 Å². The zero-order valence-corrected chi connectivity index (χ0v) is 45.6. The molecule has 2 nitrogen and oxygen atoms in total. The van der Waals surface area contributed by atoms with E-state index in [9.17, 15) is 0 Å². The van der Waals surface area contributed by atoms with E-state index in [1.54, 1.807) is 0 Å². The van der Waals surface area contributed by atoms with Crippen molar-refractivity contribution in [2.45, 2.75) is 246 Å². The summed E-state index contributed by atoms with van der Waals surface area (Å²) < 4.78 is 44.7. The second-order valence-corrected chi connectivity index (χ2v) is 24.2. The largest absolute Gasteiger partial charge is 0.203 e. The van der Waals surface area contributed by atoms with Gasteiger partial charge in [-0.3, -0.25) is 0 Å². The lowest BCUT2D eigenvalue weighted by molar-refractivity contribution is 0.400. The summed E-state index contributed by atoms with van der Waals surface area (Å²) >= 11 is 11.8. The first-order valence-electron chi connectivity index (χ1n) is 26.0. The number of hydrogen-bond acceptors (Lipinski definition) is 5. The van der Waals surface area contributed by atoms with Crippen LogP contribution in [0.1, 0.15) is 244 Å². The molecule has 63 heavy (non-hydrogen) atoms. The van der Waals surface area contributed by atoms with Crippen molar-refractivity contribution in [1.82, 2.24) is 8.75 Å². The second-order valence-electron chi connectivity index (χ2n) is 18.9. The average molecular weight is 1060 g/mol. The molecule has 0 bridgehead atoms. The minimum absolute atomic E-state index is 0.257. The molecule has 356 valence electrons. The highest BCUT2D eigenvalue weighted by molar-refractivity contribution is 9.11. The Kier molecular flexibility index (Phi) is 28.6. The predicted octanol–water partition coefficient (Wildman–Crippen LogP) is 21.8. The molecule has 0 radical (unpaired) electrons. The first kappa shape index (κ1) is 54.9. The van der Waals surface area contributed by atoms with Crippen LogP contribution < -0.4 is 0 Å². The highest BCUT2D eigenvalue weighted by Crippen LogP contribution is 2.47. The van der Waals surface area contributed by atoms with Crippen molar-refractivity contribution in [1.29, 1.82) is 0 Å². The maximum absolute atomic E-state index is 16.7. The molecule has 1 aromatic carbocycles. The van der Waals surface area contributed by atoms with E-state index >= 15 is 8.78 Å². The van der Waals surface area contributed by atoms with Crippen LogP contribution in [-0.4, -0.2) is 8.75 Å². The summed E-state index contributed by atoms with van der Waals surface area (Å²) in [6.45, 7) is 9.12. The van der Waals surface area contributed by atoms with E-state index in [4.69, 9.17) is 0 Å². The summed E-state index contributed by atoms with van der Waals surface area (Å²) in [5.41, 5.74) is 3.87. The van der Waals surface area contributed by atoms with Gasteiger partial charge >= 0.3 is 0 Å². The Labute approximate surface area is 413 Å². The van der Waals surface area contributed by atoms with Gasteiger partial charge in [0, 0.05) is 9.75 Å². The van der Waals surface area contributed by atoms with Crippen molar-refractivity contribution in [3.05, 3.63) is 42.5 Å². The predicted molar refractivity (Wildman–Crippen MR) is 284 cm³/mol. The molecule has 2 unspecified atom stereocenters. The summed E-state index contributed by atoms with van der Waals surface area (Å²) in [5.74, 6) is -0.432. The molecule has 0 N–H and O–H groups in total. The van der Waals surface area contributed by atoms with E-state index in [2.05, 4.69) is 80.4 Å². The van der Waals surface area contributed by atoms with Gasteiger partial charge in [-0.05, 0) is 79.8 Å².